The van der Waals surface area contributed by atoms with Crippen molar-refractivity contribution in [3.63, 3.8) is 0 Å². The van der Waals surface area contributed by atoms with Crippen LogP contribution in [0.15, 0.2) is 23.7 Å². The molecule has 2 saturated heterocycles. The van der Waals surface area contributed by atoms with E-state index in [-0.39, 0.29) is 11.9 Å². The predicted molar refractivity (Wildman–Crippen MR) is 93.3 cm³/mol. The number of nitrogens with one attached hydrogen (secondary N) is 1. The molecule has 3 atom stereocenters. The molecule has 1 aliphatic carbocycles. The average molecular weight is 343 g/mol. The minimum Gasteiger partial charge on any atom is -0.375 e. The lowest BCUT2D eigenvalue weighted by molar-refractivity contribution is -0.0581. The van der Waals surface area contributed by atoms with E-state index in [1.54, 1.807) is 11.3 Å². The van der Waals surface area contributed by atoms with Gasteiger partial charge < -0.3 is 10.1 Å². The van der Waals surface area contributed by atoms with Crippen molar-refractivity contribution in [2.75, 3.05) is 19.7 Å². The van der Waals surface area contributed by atoms with Crippen LogP contribution in [-0.4, -0.2) is 53.7 Å². The molecule has 0 bridgehead atoms. The first-order chi connectivity index (χ1) is 11.8. The fourth-order valence-corrected chi connectivity index (χ4v) is 4.74. The number of morpholine rings is 1. The standard InChI is InChI=1S/C18H21N3O2S/c22-18(12-3-4-15-17(5-12)24-10-19-15)20-13-6-14-9-23-16(11-1-2-11)8-21(14)7-13/h3-5,10-11,13-14,16H,1-2,6-9H2,(H,20,22)/t13-,14-,16+/m0/s1. The fraction of sp³-hybridized carbons (Fsp3) is 0.556. The van der Waals surface area contributed by atoms with E-state index in [0.29, 0.717) is 12.1 Å². The number of benzene rings is 1. The molecule has 1 N–H and O–H groups in total. The molecule has 0 spiro atoms. The number of nitrogens with zero attached hydrogens (tertiary/aromatic N) is 2. The van der Waals surface area contributed by atoms with Crippen molar-refractivity contribution < 1.29 is 9.53 Å². The third kappa shape index (κ3) is 2.72. The van der Waals surface area contributed by atoms with Gasteiger partial charge in [-0.1, -0.05) is 0 Å². The number of thiazole rings is 1. The van der Waals surface area contributed by atoms with Gasteiger partial charge in [0, 0.05) is 30.7 Å². The number of rotatable bonds is 3. The maximum absolute atomic E-state index is 12.6. The van der Waals surface area contributed by atoms with Crippen LogP contribution >= 0.6 is 11.3 Å². The maximum Gasteiger partial charge on any atom is 0.251 e. The molecule has 1 saturated carbocycles. The minimum absolute atomic E-state index is 0.0230. The summed E-state index contributed by atoms with van der Waals surface area (Å²) in [4.78, 5) is 19.4. The number of amides is 1. The molecule has 3 heterocycles. The van der Waals surface area contributed by atoms with Crippen molar-refractivity contribution in [1.82, 2.24) is 15.2 Å². The molecule has 0 radical (unpaired) electrons. The monoisotopic (exact) mass is 343 g/mol. The van der Waals surface area contributed by atoms with E-state index in [0.717, 1.165) is 47.8 Å². The Morgan fingerprint density at radius 2 is 2.25 bits per heavy atom. The molecule has 1 aromatic carbocycles. The van der Waals surface area contributed by atoms with Gasteiger partial charge in [-0.3, -0.25) is 9.69 Å². The summed E-state index contributed by atoms with van der Waals surface area (Å²) in [7, 11) is 0. The van der Waals surface area contributed by atoms with Crippen molar-refractivity contribution in [3.8, 4) is 0 Å². The first-order valence-corrected chi connectivity index (χ1v) is 9.64. The van der Waals surface area contributed by atoms with Gasteiger partial charge in [-0.05, 0) is 43.4 Å². The number of fused-ring (bicyclic) bond motifs is 2. The third-order valence-electron chi connectivity index (χ3n) is 5.52. The summed E-state index contributed by atoms with van der Waals surface area (Å²) in [6.07, 6.45) is 4.06. The fourth-order valence-electron chi connectivity index (χ4n) is 4.02. The molecule has 3 aliphatic rings. The molecule has 2 aliphatic heterocycles. The van der Waals surface area contributed by atoms with Crippen molar-refractivity contribution in [3.05, 3.63) is 29.3 Å². The highest BCUT2D eigenvalue weighted by atomic mass is 32.1. The smallest absolute Gasteiger partial charge is 0.251 e. The summed E-state index contributed by atoms with van der Waals surface area (Å²) < 4.78 is 7.10. The second-order valence-electron chi connectivity index (χ2n) is 7.26. The molecular weight excluding hydrogens is 322 g/mol. The molecule has 1 amide bonds. The SMILES string of the molecule is O=C(N[C@H]1C[C@H]2CO[C@@H](C3CC3)CN2C1)c1ccc2ncsc2c1. The molecule has 1 aromatic heterocycles. The summed E-state index contributed by atoms with van der Waals surface area (Å²) in [5.41, 5.74) is 3.50. The minimum atomic E-state index is 0.0230. The summed E-state index contributed by atoms with van der Waals surface area (Å²) in [5.74, 6) is 0.806. The first-order valence-electron chi connectivity index (χ1n) is 8.76. The second-order valence-corrected chi connectivity index (χ2v) is 8.14. The highest BCUT2D eigenvalue weighted by Crippen LogP contribution is 2.37. The van der Waals surface area contributed by atoms with Gasteiger partial charge in [-0.2, -0.15) is 0 Å². The zero-order valence-electron chi connectivity index (χ0n) is 13.5. The van der Waals surface area contributed by atoms with Crippen LogP contribution in [-0.2, 0) is 4.74 Å². The number of ether oxygens (including phenoxy) is 1. The highest BCUT2D eigenvalue weighted by Gasteiger charge is 2.42. The van der Waals surface area contributed by atoms with Gasteiger partial charge in [0.2, 0.25) is 0 Å². The van der Waals surface area contributed by atoms with Crippen LogP contribution in [0.3, 0.4) is 0 Å². The van der Waals surface area contributed by atoms with Crippen LogP contribution in [0, 0.1) is 5.92 Å². The van der Waals surface area contributed by atoms with Crippen LogP contribution < -0.4 is 5.32 Å². The van der Waals surface area contributed by atoms with Gasteiger partial charge in [-0.15, -0.1) is 11.3 Å². The Morgan fingerprint density at radius 3 is 3.12 bits per heavy atom. The molecule has 24 heavy (non-hydrogen) atoms. The predicted octanol–water partition coefficient (Wildman–Crippen LogP) is 2.28. The highest BCUT2D eigenvalue weighted by molar-refractivity contribution is 7.16. The molecule has 3 fully saturated rings. The van der Waals surface area contributed by atoms with Crippen LogP contribution in [0.2, 0.25) is 0 Å². The number of aromatic nitrogens is 1. The Morgan fingerprint density at radius 1 is 1.33 bits per heavy atom. The molecular formula is C18H21N3O2S. The molecule has 0 unspecified atom stereocenters. The lowest BCUT2D eigenvalue weighted by atomic mass is 10.1. The molecule has 5 rings (SSSR count). The zero-order chi connectivity index (χ0) is 16.1. The van der Waals surface area contributed by atoms with Crippen molar-refractivity contribution in [2.45, 2.75) is 37.5 Å². The Balaban J connectivity index is 1.24. The quantitative estimate of drug-likeness (QED) is 0.929. The Hall–Kier alpha value is -1.50. The summed E-state index contributed by atoms with van der Waals surface area (Å²) in [6, 6.07) is 6.42. The van der Waals surface area contributed by atoms with E-state index in [1.807, 2.05) is 23.7 Å². The van der Waals surface area contributed by atoms with Gasteiger partial charge >= 0.3 is 0 Å². The van der Waals surface area contributed by atoms with Crippen LogP contribution in [0.1, 0.15) is 29.6 Å². The van der Waals surface area contributed by atoms with E-state index in [4.69, 9.17) is 4.74 Å². The number of carbonyl (C=O) groups excluding carboxylic acids is 1. The van der Waals surface area contributed by atoms with Crippen LogP contribution in [0.25, 0.3) is 10.2 Å². The van der Waals surface area contributed by atoms with Crippen LogP contribution in [0.5, 0.6) is 0 Å². The normalized spacial score (nSPS) is 30.4. The Kier molecular flexibility index (Phi) is 3.57. The summed E-state index contributed by atoms with van der Waals surface area (Å²) in [5, 5.41) is 3.22. The van der Waals surface area contributed by atoms with Crippen LogP contribution in [0.4, 0.5) is 0 Å². The van der Waals surface area contributed by atoms with Crippen molar-refractivity contribution in [2.24, 2.45) is 5.92 Å². The van der Waals surface area contributed by atoms with Gasteiger partial charge in [0.25, 0.3) is 5.91 Å². The van der Waals surface area contributed by atoms with Gasteiger partial charge in [0.1, 0.15) is 0 Å². The Labute approximate surface area is 145 Å². The maximum atomic E-state index is 12.6. The van der Waals surface area contributed by atoms with Gasteiger partial charge in [0.05, 0.1) is 28.4 Å². The largest absolute Gasteiger partial charge is 0.375 e. The molecule has 5 nitrogen and oxygen atoms in total. The molecule has 6 heteroatoms. The molecule has 126 valence electrons. The lowest BCUT2D eigenvalue weighted by Gasteiger charge is -2.35. The third-order valence-corrected chi connectivity index (χ3v) is 6.31. The number of carbonyl (C=O) groups is 1. The van der Waals surface area contributed by atoms with E-state index < -0.39 is 0 Å². The van der Waals surface area contributed by atoms with Crippen molar-refractivity contribution in [1.29, 1.82) is 0 Å². The number of hydrogen-bond acceptors (Lipinski definition) is 5. The Bertz CT molecular complexity index is 772. The zero-order valence-corrected chi connectivity index (χ0v) is 14.3. The number of hydrogen-bond donors (Lipinski definition) is 1. The summed E-state index contributed by atoms with van der Waals surface area (Å²) in [6.45, 7) is 2.81. The van der Waals surface area contributed by atoms with Gasteiger partial charge in [-0.25, -0.2) is 4.98 Å². The second kappa shape index (κ2) is 5.79. The van der Waals surface area contributed by atoms with E-state index in [1.165, 1.54) is 12.8 Å². The van der Waals surface area contributed by atoms with E-state index in [2.05, 4.69) is 15.2 Å². The lowest BCUT2D eigenvalue weighted by Crippen LogP contribution is -2.47. The van der Waals surface area contributed by atoms with E-state index in [9.17, 15) is 4.79 Å². The average Bonchev–Trinajstić information content (AvgIpc) is 3.20. The first kappa shape index (κ1) is 14.8. The topological polar surface area (TPSA) is 54.5 Å². The summed E-state index contributed by atoms with van der Waals surface area (Å²) >= 11 is 1.57. The van der Waals surface area contributed by atoms with Gasteiger partial charge in [0.15, 0.2) is 0 Å². The van der Waals surface area contributed by atoms with E-state index >= 15 is 0 Å². The van der Waals surface area contributed by atoms with Crippen molar-refractivity contribution >= 4 is 27.5 Å². The molecule has 2 aromatic rings.